The molecule has 0 fully saturated rings. The van der Waals surface area contributed by atoms with Gasteiger partial charge in [-0.25, -0.2) is 0 Å². The molecule has 0 aliphatic heterocycles. The summed E-state index contributed by atoms with van der Waals surface area (Å²) in [6, 6.07) is 7.75. The predicted octanol–water partition coefficient (Wildman–Crippen LogP) is 2.42. The van der Waals surface area contributed by atoms with Crippen molar-refractivity contribution in [3.05, 3.63) is 35.4 Å². The molecule has 1 rings (SSSR count). The molecule has 1 amide bonds. The maximum Gasteiger partial charge on any atom is 0.230 e. The lowest BCUT2D eigenvalue weighted by atomic mass is 10.1. The number of aryl methyl sites for hydroxylation is 1. The van der Waals surface area contributed by atoms with Crippen molar-refractivity contribution in [3.8, 4) is 0 Å². The van der Waals surface area contributed by atoms with Gasteiger partial charge in [0, 0.05) is 2.85 Å². The molecular formula is C12H22N2OS. The number of benzene rings is 1. The highest BCUT2D eigenvalue weighted by molar-refractivity contribution is 7.80. The monoisotopic (exact) mass is 242 g/mol. The van der Waals surface area contributed by atoms with Crippen LogP contribution in [0.25, 0.3) is 0 Å². The normalized spacial score (nSPS) is 8.69. The summed E-state index contributed by atoms with van der Waals surface area (Å²) in [4.78, 5) is 11.3. The van der Waals surface area contributed by atoms with Crippen LogP contribution in [0.5, 0.6) is 0 Å². The first-order valence-corrected chi connectivity index (χ1v) is 5.63. The number of amides is 1. The van der Waals surface area contributed by atoms with E-state index in [9.17, 15) is 4.79 Å². The van der Waals surface area contributed by atoms with E-state index < -0.39 is 0 Å². The van der Waals surface area contributed by atoms with Gasteiger partial charge in [0.05, 0.1) is 6.42 Å². The summed E-state index contributed by atoms with van der Waals surface area (Å²) in [5.41, 5.74) is 7.26. The molecule has 0 aliphatic rings. The Balaban J connectivity index is -0.000000534. The molecular weight excluding hydrogens is 220 g/mol. The number of nitrogens with one attached hydrogen (secondary N) is 1. The molecule has 92 valence electrons. The third-order valence-electron chi connectivity index (χ3n) is 1.71. The molecule has 1 aromatic rings. The number of nitrogens with two attached hydrogens (primary N) is 1. The van der Waals surface area contributed by atoms with Crippen LogP contribution in [0.4, 0.5) is 0 Å². The van der Waals surface area contributed by atoms with Crippen LogP contribution in [0.2, 0.25) is 0 Å². The van der Waals surface area contributed by atoms with Crippen LogP contribution in [-0.4, -0.2) is 11.0 Å². The topological polar surface area (TPSA) is 55.1 Å². The van der Waals surface area contributed by atoms with E-state index in [1.165, 1.54) is 0 Å². The highest BCUT2D eigenvalue weighted by atomic mass is 32.1. The van der Waals surface area contributed by atoms with E-state index in [0.29, 0.717) is 6.42 Å². The summed E-state index contributed by atoms with van der Waals surface area (Å²) in [7, 11) is 0. The molecule has 3 N–H and O–H groups in total. The fourth-order valence-electron chi connectivity index (χ4n) is 1.19. The van der Waals surface area contributed by atoms with Crippen LogP contribution in [-0.2, 0) is 11.2 Å². The van der Waals surface area contributed by atoms with Crippen molar-refractivity contribution in [2.45, 2.75) is 27.2 Å². The van der Waals surface area contributed by atoms with Crippen LogP contribution in [0.3, 0.4) is 0 Å². The zero-order valence-corrected chi connectivity index (χ0v) is 10.7. The second kappa shape index (κ2) is 7.82. The lowest BCUT2D eigenvalue weighted by Crippen LogP contribution is -2.35. The molecule has 4 heteroatoms. The smallest absolute Gasteiger partial charge is 0.230 e. The van der Waals surface area contributed by atoms with Gasteiger partial charge in [-0.2, -0.15) is 0 Å². The van der Waals surface area contributed by atoms with Gasteiger partial charge in [-0.3, -0.25) is 4.79 Å². The molecule has 0 radical (unpaired) electrons. The Bertz CT molecular complexity index is 373. The molecule has 0 bridgehead atoms. The van der Waals surface area contributed by atoms with Gasteiger partial charge >= 0.3 is 0 Å². The fourth-order valence-corrected chi connectivity index (χ4v) is 1.30. The lowest BCUT2D eigenvalue weighted by molar-refractivity contribution is -0.119. The SMILES string of the molecule is CC.Cc1cccc(CC(=O)NC(N)=S)c1.[HH].[HH]. The van der Waals surface area contributed by atoms with Gasteiger partial charge in [-0.15, -0.1) is 0 Å². The molecule has 3 nitrogen and oxygen atoms in total. The maximum absolute atomic E-state index is 11.3. The van der Waals surface area contributed by atoms with E-state index in [2.05, 4.69) is 17.5 Å². The summed E-state index contributed by atoms with van der Waals surface area (Å²) in [6.45, 7) is 5.98. The van der Waals surface area contributed by atoms with Gasteiger partial charge < -0.3 is 11.1 Å². The molecule has 0 unspecified atom stereocenters. The summed E-state index contributed by atoms with van der Waals surface area (Å²) < 4.78 is 0. The second-order valence-corrected chi connectivity index (χ2v) is 3.52. The van der Waals surface area contributed by atoms with Crippen molar-refractivity contribution >= 4 is 23.2 Å². The first kappa shape index (κ1) is 14.6. The van der Waals surface area contributed by atoms with Crippen LogP contribution in [0, 0.1) is 6.92 Å². The van der Waals surface area contributed by atoms with Crippen molar-refractivity contribution in [3.63, 3.8) is 0 Å². The summed E-state index contributed by atoms with van der Waals surface area (Å²) in [6.07, 6.45) is 0.305. The fraction of sp³-hybridized carbons (Fsp3) is 0.333. The number of hydrogen-bond donors (Lipinski definition) is 2. The van der Waals surface area contributed by atoms with Crippen molar-refractivity contribution < 1.29 is 7.65 Å². The highest BCUT2D eigenvalue weighted by Crippen LogP contribution is 2.04. The highest BCUT2D eigenvalue weighted by Gasteiger charge is 2.03. The van der Waals surface area contributed by atoms with E-state index in [-0.39, 0.29) is 13.9 Å². The third kappa shape index (κ3) is 6.14. The third-order valence-corrected chi connectivity index (χ3v) is 1.81. The lowest BCUT2D eigenvalue weighted by Gasteiger charge is -2.03. The number of carbonyl (C=O) groups excluding carboxylic acids is 1. The average molecular weight is 242 g/mol. The van der Waals surface area contributed by atoms with Gasteiger partial charge in [0.2, 0.25) is 5.91 Å². The van der Waals surface area contributed by atoms with Crippen molar-refractivity contribution in [2.24, 2.45) is 5.73 Å². The van der Waals surface area contributed by atoms with Gasteiger partial charge in [-0.05, 0) is 24.7 Å². The number of carbonyl (C=O) groups is 1. The summed E-state index contributed by atoms with van der Waals surface area (Å²) in [5, 5.41) is 2.40. The summed E-state index contributed by atoms with van der Waals surface area (Å²) in [5.74, 6) is -0.178. The Morgan fingerprint density at radius 1 is 1.50 bits per heavy atom. The molecule has 0 heterocycles. The van der Waals surface area contributed by atoms with Crippen molar-refractivity contribution in [1.82, 2.24) is 5.32 Å². The van der Waals surface area contributed by atoms with E-state index in [1.54, 1.807) is 0 Å². The minimum Gasteiger partial charge on any atom is -0.376 e. The molecule has 0 aliphatic carbocycles. The predicted molar refractivity (Wildman–Crippen MR) is 75.4 cm³/mol. The van der Waals surface area contributed by atoms with Gasteiger partial charge in [0.1, 0.15) is 0 Å². The van der Waals surface area contributed by atoms with Crippen molar-refractivity contribution in [1.29, 1.82) is 0 Å². The van der Waals surface area contributed by atoms with Crippen molar-refractivity contribution in [2.75, 3.05) is 0 Å². The Hall–Kier alpha value is -1.42. The largest absolute Gasteiger partial charge is 0.376 e. The number of thiocarbonyl (C=S) groups is 1. The maximum atomic E-state index is 11.3. The van der Waals surface area contributed by atoms with Gasteiger partial charge in [0.25, 0.3) is 0 Å². The summed E-state index contributed by atoms with van der Waals surface area (Å²) >= 11 is 4.56. The van der Waals surface area contributed by atoms with E-state index in [0.717, 1.165) is 11.1 Å². The molecule has 0 saturated carbocycles. The van der Waals surface area contributed by atoms with Crippen LogP contribution < -0.4 is 11.1 Å². The minimum atomic E-state index is -0.178. The molecule has 0 aromatic heterocycles. The van der Waals surface area contributed by atoms with E-state index in [1.807, 2.05) is 45.0 Å². The molecule has 16 heavy (non-hydrogen) atoms. The quantitative estimate of drug-likeness (QED) is 0.783. The van der Waals surface area contributed by atoms with Gasteiger partial charge in [-0.1, -0.05) is 43.7 Å². The zero-order chi connectivity index (χ0) is 12.6. The van der Waals surface area contributed by atoms with Crippen LogP contribution >= 0.6 is 12.2 Å². The van der Waals surface area contributed by atoms with E-state index >= 15 is 0 Å². The number of rotatable bonds is 2. The Labute approximate surface area is 105 Å². The Morgan fingerprint density at radius 2 is 2.12 bits per heavy atom. The van der Waals surface area contributed by atoms with E-state index in [4.69, 9.17) is 5.73 Å². The minimum absolute atomic E-state index is 0. The number of hydrogen-bond acceptors (Lipinski definition) is 2. The molecule has 0 atom stereocenters. The molecule has 0 saturated heterocycles. The van der Waals surface area contributed by atoms with Crippen LogP contribution in [0.15, 0.2) is 24.3 Å². The van der Waals surface area contributed by atoms with Crippen LogP contribution in [0.1, 0.15) is 27.8 Å². The first-order valence-electron chi connectivity index (χ1n) is 5.23. The average Bonchev–Trinajstić information content (AvgIpc) is 2.19. The standard InChI is InChI=1S/C10H12N2OS.C2H6.2H2/c1-7-3-2-4-8(5-7)6-9(13)12-10(11)14;1-2;;/h2-5H,6H2,1H3,(H3,11,12,13,14);1-2H3;2*1H. The molecule has 1 aromatic carbocycles. The second-order valence-electron chi connectivity index (χ2n) is 3.08. The first-order chi connectivity index (χ1) is 7.58. The molecule has 0 spiro atoms. The Kier molecular flexibility index (Phi) is 7.12. The zero-order valence-electron chi connectivity index (χ0n) is 9.91. The van der Waals surface area contributed by atoms with Gasteiger partial charge in [0.15, 0.2) is 5.11 Å². The Morgan fingerprint density at radius 3 is 2.62 bits per heavy atom.